The first-order chi connectivity index (χ1) is 12.8. The maximum Gasteiger partial charge on any atom is 0.531 e. The lowest BCUT2D eigenvalue weighted by atomic mass is 10.1. The molecular formula is C19H23N2O5P. The van der Waals surface area contributed by atoms with Crippen molar-refractivity contribution in [1.29, 1.82) is 5.26 Å². The van der Waals surface area contributed by atoms with E-state index in [0.717, 1.165) is 5.56 Å². The number of benzene rings is 1. The Kier molecular flexibility index (Phi) is 6.98. The number of phosphoric acid groups is 1. The van der Waals surface area contributed by atoms with Gasteiger partial charge in [0.05, 0.1) is 25.0 Å². The highest BCUT2D eigenvalue weighted by molar-refractivity contribution is 7.49. The van der Waals surface area contributed by atoms with Gasteiger partial charge in [0.25, 0.3) is 0 Å². The fourth-order valence-electron chi connectivity index (χ4n) is 2.21. The Hall–Kier alpha value is -2.39. The maximum absolute atomic E-state index is 13.0. The Balaban J connectivity index is 2.41. The third-order valence-electron chi connectivity index (χ3n) is 3.24. The normalized spacial score (nSPS) is 11.5. The van der Waals surface area contributed by atoms with Gasteiger partial charge in [0, 0.05) is 5.56 Å². The standard InChI is InChI=1S/C19H23N2O5P/c1-13(2)24-27(22,25-14(3)4)26-19-16(12-20)8-11-18(21-19)15-6-9-17(23-5)10-7-15/h6-11,13-14H,1-5H3. The van der Waals surface area contributed by atoms with Gasteiger partial charge in [-0.2, -0.15) is 5.26 Å². The van der Waals surface area contributed by atoms with Gasteiger partial charge in [0.15, 0.2) is 0 Å². The number of pyridine rings is 1. The Morgan fingerprint density at radius 3 is 2.07 bits per heavy atom. The molecule has 0 aliphatic carbocycles. The quantitative estimate of drug-likeness (QED) is 0.588. The molecule has 0 saturated heterocycles. The molecule has 0 aliphatic heterocycles. The molecule has 0 amide bonds. The van der Waals surface area contributed by atoms with E-state index < -0.39 is 20.0 Å². The Bertz CT molecular complexity index is 845. The molecule has 0 spiro atoms. The van der Waals surface area contributed by atoms with E-state index in [4.69, 9.17) is 18.3 Å². The third-order valence-corrected chi connectivity index (χ3v) is 5.00. The molecule has 0 N–H and O–H groups in total. The lowest BCUT2D eigenvalue weighted by molar-refractivity contribution is 0.102. The van der Waals surface area contributed by atoms with Crippen molar-refractivity contribution in [2.75, 3.05) is 7.11 Å². The summed E-state index contributed by atoms with van der Waals surface area (Å²) in [6.07, 6.45) is -0.797. The van der Waals surface area contributed by atoms with Crippen LogP contribution in [-0.4, -0.2) is 24.3 Å². The lowest BCUT2D eigenvalue weighted by Crippen LogP contribution is -2.12. The summed E-state index contributed by atoms with van der Waals surface area (Å²) < 4.78 is 34.4. The second-order valence-corrected chi connectivity index (χ2v) is 7.73. The highest BCUT2D eigenvalue weighted by Crippen LogP contribution is 2.51. The zero-order valence-electron chi connectivity index (χ0n) is 16.0. The molecule has 7 nitrogen and oxygen atoms in total. The summed E-state index contributed by atoms with van der Waals surface area (Å²) in [6.45, 7) is 6.86. The second-order valence-electron chi connectivity index (χ2n) is 6.24. The minimum absolute atomic E-state index is 0.101. The number of nitriles is 1. The van der Waals surface area contributed by atoms with Gasteiger partial charge in [-0.25, -0.2) is 9.55 Å². The Morgan fingerprint density at radius 1 is 1.00 bits per heavy atom. The number of nitrogens with zero attached hydrogens (tertiary/aromatic N) is 2. The molecule has 27 heavy (non-hydrogen) atoms. The van der Waals surface area contributed by atoms with E-state index in [0.29, 0.717) is 11.4 Å². The Morgan fingerprint density at radius 2 is 1.59 bits per heavy atom. The van der Waals surface area contributed by atoms with Gasteiger partial charge >= 0.3 is 7.82 Å². The molecule has 1 aromatic carbocycles. The minimum atomic E-state index is -3.95. The summed E-state index contributed by atoms with van der Waals surface area (Å²) in [5.74, 6) is 0.611. The van der Waals surface area contributed by atoms with Crippen molar-refractivity contribution in [3.05, 3.63) is 42.0 Å². The summed E-state index contributed by atoms with van der Waals surface area (Å²) in [7, 11) is -2.37. The van der Waals surface area contributed by atoms with Gasteiger partial charge in [0.1, 0.15) is 17.4 Å². The van der Waals surface area contributed by atoms with E-state index in [9.17, 15) is 9.83 Å². The molecule has 144 valence electrons. The van der Waals surface area contributed by atoms with Crippen LogP contribution in [-0.2, 0) is 13.6 Å². The third kappa shape index (κ3) is 5.80. The molecular weight excluding hydrogens is 367 g/mol. The molecule has 1 heterocycles. The van der Waals surface area contributed by atoms with Crippen LogP contribution >= 0.6 is 7.82 Å². The summed E-state index contributed by atoms with van der Waals surface area (Å²) in [5.41, 5.74) is 1.47. The van der Waals surface area contributed by atoms with Crippen LogP contribution in [0.4, 0.5) is 0 Å². The van der Waals surface area contributed by atoms with E-state index >= 15 is 0 Å². The molecule has 0 fully saturated rings. The van der Waals surface area contributed by atoms with E-state index in [2.05, 4.69) is 4.98 Å². The van der Waals surface area contributed by atoms with Crippen LogP contribution in [0.15, 0.2) is 36.4 Å². The highest BCUT2D eigenvalue weighted by atomic mass is 31.2. The number of hydrogen-bond donors (Lipinski definition) is 0. The van der Waals surface area contributed by atoms with Crippen molar-refractivity contribution < 1.29 is 22.9 Å². The topological polar surface area (TPSA) is 90.7 Å². The Labute approximate surface area is 159 Å². The fourth-order valence-corrected chi connectivity index (χ4v) is 3.73. The zero-order chi connectivity index (χ0) is 20.0. The zero-order valence-corrected chi connectivity index (χ0v) is 16.9. The second kappa shape index (κ2) is 9.01. The molecule has 0 atom stereocenters. The van der Waals surface area contributed by atoms with Crippen molar-refractivity contribution in [3.8, 4) is 29.0 Å². The fraction of sp³-hybridized carbons (Fsp3) is 0.368. The number of methoxy groups -OCH3 is 1. The number of aromatic nitrogens is 1. The summed E-state index contributed by atoms with van der Waals surface area (Å²) >= 11 is 0. The number of hydrogen-bond acceptors (Lipinski definition) is 7. The van der Waals surface area contributed by atoms with Crippen molar-refractivity contribution in [1.82, 2.24) is 4.98 Å². The monoisotopic (exact) mass is 390 g/mol. The first-order valence-electron chi connectivity index (χ1n) is 8.48. The molecule has 0 aliphatic rings. The maximum atomic E-state index is 13.0. The predicted octanol–water partition coefficient (Wildman–Crippen LogP) is 4.97. The largest absolute Gasteiger partial charge is 0.531 e. The van der Waals surface area contributed by atoms with Crippen molar-refractivity contribution in [3.63, 3.8) is 0 Å². The molecule has 8 heteroatoms. The van der Waals surface area contributed by atoms with Crippen LogP contribution in [0.25, 0.3) is 11.3 Å². The smallest absolute Gasteiger partial charge is 0.497 e. The van der Waals surface area contributed by atoms with Crippen LogP contribution in [0.3, 0.4) is 0 Å². The lowest BCUT2D eigenvalue weighted by Gasteiger charge is -2.22. The molecule has 2 aromatic rings. The highest BCUT2D eigenvalue weighted by Gasteiger charge is 2.33. The van der Waals surface area contributed by atoms with Gasteiger partial charge in [-0.15, -0.1) is 0 Å². The summed E-state index contributed by atoms with van der Waals surface area (Å²) in [6, 6.07) is 12.5. The van der Waals surface area contributed by atoms with Gasteiger partial charge in [-0.3, -0.25) is 9.05 Å². The minimum Gasteiger partial charge on any atom is -0.497 e. The van der Waals surface area contributed by atoms with Crippen LogP contribution in [0.2, 0.25) is 0 Å². The first-order valence-corrected chi connectivity index (χ1v) is 9.94. The summed E-state index contributed by atoms with van der Waals surface area (Å²) in [5, 5.41) is 9.35. The van der Waals surface area contributed by atoms with Crippen LogP contribution in [0, 0.1) is 11.3 Å². The van der Waals surface area contributed by atoms with Gasteiger partial charge < -0.3 is 9.26 Å². The molecule has 0 saturated carbocycles. The number of phosphoric ester groups is 1. The molecule has 0 unspecified atom stereocenters. The molecule has 1 aromatic heterocycles. The number of rotatable bonds is 8. The first kappa shape index (κ1) is 20.9. The summed E-state index contributed by atoms with van der Waals surface area (Å²) in [4.78, 5) is 4.35. The van der Waals surface area contributed by atoms with Gasteiger partial charge in [-0.1, -0.05) is 0 Å². The van der Waals surface area contributed by atoms with Crippen LogP contribution in [0.5, 0.6) is 11.6 Å². The predicted molar refractivity (Wildman–Crippen MR) is 102 cm³/mol. The van der Waals surface area contributed by atoms with E-state index in [1.165, 1.54) is 0 Å². The SMILES string of the molecule is COc1ccc(-c2ccc(C#N)c(OP(=O)(OC(C)C)OC(C)C)n2)cc1. The average molecular weight is 390 g/mol. The van der Waals surface area contributed by atoms with E-state index in [-0.39, 0.29) is 11.4 Å². The van der Waals surface area contributed by atoms with Crippen molar-refractivity contribution >= 4 is 7.82 Å². The molecule has 2 rings (SSSR count). The van der Waals surface area contributed by atoms with Crippen LogP contribution in [0.1, 0.15) is 33.3 Å². The molecule has 0 bridgehead atoms. The van der Waals surface area contributed by atoms with E-state index in [1.807, 2.05) is 18.2 Å². The van der Waals surface area contributed by atoms with Gasteiger partial charge in [-0.05, 0) is 64.1 Å². The van der Waals surface area contributed by atoms with Crippen molar-refractivity contribution in [2.45, 2.75) is 39.9 Å². The average Bonchev–Trinajstić information content (AvgIpc) is 2.60. The van der Waals surface area contributed by atoms with Crippen molar-refractivity contribution in [2.24, 2.45) is 0 Å². The van der Waals surface area contributed by atoms with E-state index in [1.54, 1.807) is 59.1 Å². The molecule has 0 radical (unpaired) electrons. The number of ether oxygens (including phenoxy) is 1. The van der Waals surface area contributed by atoms with Gasteiger partial charge in [0.2, 0.25) is 5.88 Å². The van der Waals surface area contributed by atoms with Crippen LogP contribution < -0.4 is 9.26 Å².